The predicted octanol–water partition coefficient (Wildman–Crippen LogP) is 0.0928. The summed E-state index contributed by atoms with van der Waals surface area (Å²) in [6, 6.07) is 0.463. The number of nitrogens with one attached hydrogen (secondary N) is 2. The number of amides is 1. The molecular weight excluding hydrogens is 144 g/mol. The molecule has 2 atom stereocenters. The lowest BCUT2D eigenvalue weighted by atomic mass is 10.2. The summed E-state index contributed by atoms with van der Waals surface area (Å²) in [5.74, 6) is 0. The van der Waals surface area contributed by atoms with E-state index in [0.717, 1.165) is 13.0 Å². The highest BCUT2D eigenvalue weighted by molar-refractivity contribution is 5.66. The van der Waals surface area contributed by atoms with E-state index in [9.17, 15) is 4.79 Å². The van der Waals surface area contributed by atoms with Gasteiger partial charge in [0.25, 0.3) is 0 Å². The Hall–Kier alpha value is -0.770. The number of hydrogen-bond acceptors (Lipinski definition) is 3. The van der Waals surface area contributed by atoms with E-state index in [0.29, 0.717) is 6.04 Å². The molecule has 1 saturated heterocycles. The van der Waals surface area contributed by atoms with Crippen LogP contribution in [0, 0.1) is 0 Å². The Kier molecular flexibility index (Phi) is 2.70. The van der Waals surface area contributed by atoms with Gasteiger partial charge in [0.2, 0.25) is 0 Å². The summed E-state index contributed by atoms with van der Waals surface area (Å²) in [7, 11) is 1.56. The van der Waals surface area contributed by atoms with Crippen molar-refractivity contribution in [2.45, 2.75) is 25.5 Å². The van der Waals surface area contributed by atoms with Gasteiger partial charge in [-0.05, 0) is 6.92 Å². The van der Waals surface area contributed by atoms with E-state index in [1.807, 2.05) is 0 Å². The van der Waals surface area contributed by atoms with Gasteiger partial charge in [-0.1, -0.05) is 0 Å². The van der Waals surface area contributed by atoms with Gasteiger partial charge >= 0.3 is 6.09 Å². The predicted molar refractivity (Wildman–Crippen MR) is 41.4 cm³/mol. The van der Waals surface area contributed by atoms with Crippen LogP contribution in [0.15, 0.2) is 0 Å². The van der Waals surface area contributed by atoms with Crippen molar-refractivity contribution in [1.29, 1.82) is 0 Å². The summed E-state index contributed by atoms with van der Waals surface area (Å²) in [4.78, 5) is 10.7. The molecule has 4 nitrogen and oxygen atoms in total. The van der Waals surface area contributed by atoms with Crippen LogP contribution in [0.4, 0.5) is 4.79 Å². The zero-order valence-corrected chi connectivity index (χ0v) is 6.89. The molecule has 4 heteroatoms. The second-order valence-electron chi connectivity index (χ2n) is 2.82. The molecule has 0 aromatic rings. The summed E-state index contributed by atoms with van der Waals surface area (Å²) in [5, 5.41) is 5.61. The Bertz CT molecular complexity index is 149. The fourth-order valence-corrected chi connectivity index (χ4v) is 1.19. The summed E-state index contributed by atoms with van der Waals surface area (Å²) in [5.41, 5.74) is 0. The Morgan fingerprint density at radius 1 is 1.73 bits per heavy atom. The molecule has 0 saturated carbocycles. The maximum Gasteiger partial charge on any atom is 0.407 e. The number of hydrogen-bond donors (Lipinski definition) is 2. The minimum absolute atomic E-state index is 0.0462. The van der Waals surface area contributed by atoms with Crippen molar-refractivity contribution in [1.82, 2.24) is 10.6 Å². The third kappa shape index (κ3) is 2.38. The topological polar surface area (TPSA) is 50.4 Å². The van der Waals surface area contributed by atoms with Crippen molar-refractivity contribution in [3.63, 3.8) is 0 Å². The summed E-state index contributed by atoms with van der Waals surface area (Å²) >= 11 is 0. The molecule has 11 heavy (non-hydrogen) atoms. The lowest BCUT2D eigenvalue weighted by Crippen LogP contribution is -2.27. The molecular formula is C7H14N2O2. The van der Waals surface area contributed by atoms with Gasteiger partial charge in [0.15, 0.2) is 0 Å². The first-order valence-corrected chi connectivity index (χ1v) is 3.84. The van der Waals surface area contributed by atoms with Crippen LogP contribution in [0.5, 0.6) is 0 Å². The molecule has 2 N–H and O–H groups in total. The van der Waals surface area contributed by atoms with Crippen LogP contribution >= 0.6 is 0 Å². The van der Waals surface area contributed by atoms with Crippen LogP contribution in [0.1, 0.15) is 13.3 Å². The third-order valence-electron chi connectivity index (χ3n) is 1.79. The van der Waals surface area contributed by atoms with Gasteiger partial charge in [-0.2, -0.15) is 0 Å². The van der Waals surface area contributed by atoms with Gasteiger partial charge in [0, 0.05) is 26.1 Å². The molecule has 64 valence electrons. The first kappa shape index (κ1) is 8.33. The molecule has 1 rings (SSSR count). The van der Waals surface area contributed by atoms with Crippen molar-refractivity contribution in [2.24, 2.45) is 0 Å². The van der Waals surface area contributed by atoms with E-state index in [1.54, 1.807) is 7.05 Å². The molecule has 1 heterocycles. The van der Waals surface area contributed by atoms with E-state index in [-0.39, 0.29) is 12.2 Å². The lowest BCUT2D eigenvalue weighted by molar-refractivity contribution is 0.108. The number of carbonyl (C=O) groups excluding carboxylic acids is 1. The molecule has 1 aliphatic heterocycles. The van der Waals surface area contributed by atoms with Gasteiger partial charge in [0.05, 0.1) is 0 Å². The average Bonchev–Trinajstić information content (AvgIpc) is 2.35. The molecule has 1 aliphatic rings. The van der Waals surface area contributed by atoms with Crippen molar-refractivity contribution in [3.8, 4) is 0 Å². The van der Waals surface area contributed by atoms with Crippen molar-refractivity contribution >= 4 is 6.09 Å². The van der Waals surface area contributed by atoms with Crippen LogP contribution in [-0.2, 0) is 4.74 Å². The molecule has 0 aliphatic carbocycles. The maximum atomic E-state index is 10.7. The average molecular weight is 158 g/mol. The largest absolute Gasteiger partial charge is 0.445 e. The van der Waals surface area contributed by atoms with Crippen LogP contribution < -0.4 is 10.6 Å². The second kappa shape index (κ2) is 3.57. The van der Waals surface area contributed by atoms with Gasteiger partial charge < -0.3 is 15.4 Å². The summed E-state index contributed by atoms with van der Waals surface area (Å²) in [6.45, 7) is 2.85. The van der Waals surface area contributed by atoms with Crippen molar-refractivity contribution in [3.05, 3.63) is 0 Å². The minimum atomic E-state index is -0.342. The molecule has 0 radical (unpaired) electrons. The monoisotopic (exact) mass is 158 g/mol. The molecule has 1 amide bonds. The molecule has 0 bridgehead atoms. The SMILES string of the molecule is CNC(=O)OC1CNC(C)C1. The number of alkyl carbamates (subject to hydrolysis) is 1. The summed E-state index contributed by atoms with van der Waals surface area (Å²) in [6.07, 6.45) is 0.615. The van der Waals surface area contributed by atoms with Crippen molar-refractivity contribution in [2.75, 3.05) is 13.6 Å². The molecule has 2 unspecified atom stereocenters. The fraction of sp³-hybridized carbons (Fsp3) is 0.857. The van der Waals surface area contributed by atoms with Gasteiger partial charge in [-0.25, -0.2) is 4.79 Å². The highest BCUT2D eigenvalue weighted by Gasteiger charge is 2.23. The van der Waals surface area contributed by atoms with Gasteiger partial charge in [-0.3, -0.25) is 0 Å². The Labute approximate surface area is 66.3 Å². The molecule has 0 aromatic heterocycles. The Morgan fingerprint density at radius 2 is 2.45 bits per heavy atom. The minimum Gasteiger partial charge on any atom is -0.445 e. The van der Waals surface area contributed by atoms with Crippen LogP contribution in [0.3, 0.4) is 0 Å². The molecule has 1 fully saturated rings. The quantitative estimate of drug-likeness (QED) is 0.568. The molecule has 0 aromatic carbocycles. The van der Waals surface area contributed by atoms with Gasteiger partial charge in [-0.15, -0.1) is 0 Å². The third-order valence-corrected chi connectivity index (χ3v) is 1.79. The van der Waals surface area contributed by atoms with E-state index in [4.69, 9.17) is 4.74 Å². The maximum absolute atomic E-state index is 10.7. The smallest absolute Gasteiger partial charge is 0.407 e. The lowest BCUT2D eigenvalue weighted by Gasteiger charge is -2.09. The highest BCUT2D eigenvalue weighted by Crippen LogP contribution is 2.09. The van der Waals surface area contributed by atoms with E-state index in [2.05, 4.69) is 17.6 Å². The van der Waals surface area contributed by atoms with Gasteiger partial charge in [0.1, 0.15) is 6.10 Å². The summed E-state index contributed by atoms with van der Waals surface area (Å²) < 4.78 is 5.02. The van der Waals surface area contributed by atoms with E-state index < -0.39 is 0 Å². The first-order valence-electron chi connectivity index (χ1n) is 3.84. The highest BCUT2D eigenvalue weighted by atomic mass is 16.6. The van der Waals surface area contributed by atoms with E-state index in [1.165, 1.54) is 0 Å². The number of rotatable bonds is 1. The van der Waals surface area contributed by atoms with Crippen LogP contribution in [0.2, 0.25) is 0 Å². The standard InChI is InChI=1S/C7H14N2O2/c1-5-3-6(4-9-5)11-7(10)8-2/h5-6,9H,3-4H2,1-2H3,(H,8,10). The van der Waals surface area contributed by atoms with Crippen LogP contribution in [-0.4, -0.2) is 31.8 Å². The number of carbonyl (C=O) groups is 1. The second-order valence-corrected chi connectivity index (χ2v) is 2.82. The van der Waals surface area contributed by atoms with E-state index >= 15 is 0 Å². The van der Waals surface area contributed by atoms with Crippen LogP contribution in [0.25, 0.3) is 0 Å². The normalized spacial score (nSPS) is 30.0. The Morgan fingerprint density at radius 3 is 2.91 bits per heavy atom. The fourth-order valence-electron chi connectivity index (χ4n) is 1.19. The zero-order valence-electron chi connectivity index (χ0n) is 6.89. The first-order chi connectivity index (χ1) is 5.22. The Balaban J connectivity index is 2.23. The van der Waals surface area contributed by atoms with Crippen molar-refractivity contribution < 1.29 is 9.53 Å². The molecule has 0 spiro atoms. The zero-order chi connectivity index (χ0) is 8.27. The number of ether oxygens (including phenoxy) is 1.